The van der Waals surface area contributed by atoms with E-state index in [9.17, 15) is 4.79 Å². The molecule has 1 amide bonds. The first-order valence-electron chi connectivity index (χ1n) is 9.20. The Labute approximate surface area is 164 Å². The molecule has 1 aromatic heterocycles. The van der Waals surface area contributed by atoms with Crippen LogP contribution in [0, 0.1) is 0 Å². The number of carbonyl (C=O) groups is 1. The fraction of sp³-hybridized carbons (Fsp3) is 0.500. The normalized spacial score (nSPS) is 17.0. The third-order valence-corrected chi connectivity index (χ3v) is 5.59. The zero-order chi connectivity index (χ0) is 19.2. The quantitative estimate of drug-likeness (QED) is 0.725. The molecular weight excluding hydrogens is 364 g/mol. The van der Waals surface area contributed by atoms with Crippen molar-refractivity contribution in [2.45, 2.75) is 32.3 Å². The van der Waals surface area contributed by atoms with Gasteiger partial charge in [0.2, 0.25) is 5.91 Å². The van der Waals surface area contributed by atoms with Crippen LogP contribution >= 0.6 is 11.3 Å². The Kier molecular flexibility index (Phi) is 6.68. The van der Waals surface area contributed by atoms with Crippen LogP contribution < -0.4 is 9.47 Å². The fourth-order valence-corrected chi connectivity index (χ4v) is 4.11. The van der Waals surface area contributed by atoms with Gasteiger partial charge in [-0.2, -0.15) is 0 Å². The maximum atomic E-state index is 12.6. The van der Waals surface area contributed by atoms with E-state index in [2.05, 4.69) is 4.98 Å². The topological polar surface area (TPSA) is 60.9 Å². The van der Waals surface area contributed by atoms with Crippen molar-refractivity contribution in [1.29, 1.82) is 0 Å². The van der Waals surface area contributed by atoms with Crippen molar-refractivity contribution in [3.05, 3.63) is 29.3 Å². The zero-order valence-electron chi connectivity index (χ0n) is 16.1. The Morgan fingerprint density at radius 3 is 2.85 bits per heavy atom. The van der Waals surface area contributed by atoms with Crippen molar-refractivity contribution in [2.75, 3.05) is 33.9 Å². The zero-order valence-corrected chi connectivity index (χ0v) is 16.9. The first kappa shape index (κ1) is 19.6. The number of thiazole rings is 1. The molecule has 1 atom stereocenters. The smallest absolute Gasteiger partial charge is 0.228 e. The van der Waals surface area contributed by atoms with Gasteiger partial charge in [0, 0.05) is 30.6 Å². The van der Waals surface area contributed by atoms with E-state index in [4.69, 9.17) is 14.2 Å². The maximum Gasteiger partial charge on any atom is 0.228 e. The van der Waals surface area contributed by atoms with Crippen LogP contribution in [0.15, 0.2) is 23.6 Å². The lowest BCUT2D eigenvalue weighted by Crippen LogP contribution is -2.43. The van der Waals surface area contributed by atoms with E-state index in [0.29, 0.717) is 31.1 Å². The van der Waals surface area contributed by atoms with E-state index in [0.717, 1.165) is 35.7 Å². The molecule has 1 aliphatic heterocycles. The van der Waals surface area contributed by atoms with Gasteiger partial charge in [0.1, 0.15) is 5.01 Å². The van der Waals surface area contributed by atoms with Crippen LogP contribution in [0.25, 0.3) is 10.6 Å². The minimum atomic E-state index is 0.114. The molecule has 0 saturated carbocycles. The largest absolute Gasteiger partial charge is 0.493 e. The van der Waals surface area contributed by atoms with Gasteiger partial charge in [0.05, 0.1) is 32.4 Å². The summed E-state index contributed by atoms with van der Waals surface area (Å²) >= 11 is 1.53. The number of ether oxygens (including phenoxy) is 3. The van der Waals surface area contributed by atoms with Crippen molar-refractivity contribution in [3.63, 3.8) is 0 Å². The molecule has 1 aliphatic rings. The third-order valence-electron chi connectivity index (χ3n) is 4.65. The van der Waals surface area contributed by atoms with Crippen molar-refractivity contribution in [2.24, 2.45) is 0 Å². The van der Waals surface area contributed by atoms with Gasteiger partial charge >= 0.3 is 0 Å². The lowest BCUT2D eigenvalue weighted by molar-refractivity contribution is -0.134. The molecule has 1 unspecified atom stereocenters. The molecule has 7 heteroatoms. The number of likely N-dealkylation sites (tertiary alicyclic amines) is 1. The Hall–Kier alpha value is -2.12. The molecule has 0 bridgehead atoms. The summed E-state index contributed by atoms with van der Waals surface area (Å²) in [7, 11) is 3.23. The number of aromatic nitrogens is 1. The first-order valence-corrected chi connectivity index (χ1v) is 10.1. The van der Waals surface area contributed by atoms with Crippen LogP contribution in [0.2, 0.25) is 0 Å². The molecular formula is C20H26N2O4S. The number of rotatable bonds is 7. The van der Waals surface area contributed by atoms with Gasteiger partial charge in [-0.25, -0.2) is 4.98 Å². The lowest BCUT2D eigenvalue weighted by Gasteiger charge is -2.32. The highest BCUT2D eigenvalue weighted by Crippen LogP contribution is 2.33. The lowest BCUT2D eigenvalue weighted by atomic mass is 10.1. The van der Waals surface area contributed by atoms with Gasteiger partial charge in [-0.05, 0) is 38.0 Å². The Balaban J connectivity index is 1.66. The average Bonchev–Trinajstić information content (AvgIpc) is 3.16. The van der Waals surface area contributed by atoms with Crippen LogP contribution in [-0.4, -0.2) is 55.8 Å². The number of hydrogen-bond donors (Lipinski definition) is 0. The fourth-order valence-electron chi connectivity index (χ4n) is 3.29. The monoisotopic (exact) mass is 390 g/mol. The van der Waals surface area contributed by atoms with Gasteiger partial charge in [-0.1, -0.05) is 0 Å². The second kappa shape index (κ2) is 9.19. The van der Waals surface area contributed by atoms with Crippen LogP contribution in [-0.2, 0) is 16.0 Å². The highest BCUT2D eigenvalue weighted by atomic mass is 32.1. The van der Waals surface area contributed by atoms with E-state index in [1.165, 1.54) is 11.3 Å². The second-order valence-electron chi connectivity index (χ2n) is 6.45. The van der Waals surface area contributed by atoms with Gasteiger partial charge in [-0.3, -0.25) is 4.79 Å². The number of benzene rings is 1. The Bertz CT molecular complexity index is 775. The first-order chi connectivity index (χ1) is 13.1. The highest BCUT2D eigenvalue weighted by Gasteiger charge is 2.24. The number of amides is 1. The number of methoxy groups -OCH3 is 2. The predicted octanol–water partition coefficient (Wildman–Crippen LogP) is 3.40. The molecule has 0 aliphatic carbocycles. The number of nitrogens with zero attached hydrogens (tertiary/aromatic N) is 2. The van der Waals surface area contributed by atoms with Crippen LogP contribution in [0.4, 0.5) is 0 Å². The van der Waals surface area contributed by atoms with Crippen molar-refractivity contribution in [3.8, 4) is 22.1 Å². The van der Waals surface area contributed by atoms with E-state index in [1.54, 1.807) is 14.2 Å². The molecule has 1 aromatic carbocycles. The Morgan fingerprint density at radius 2 is 2.11 bits per heavy atom. The molecule has 0 spiro atoms. The summed E-state index contributed by atoms with van der Waals surface area (Å²) in [6.45, 7) is 4.16. The minimum Gasteiger partial charge on any atom is -0.493 e. The van der Waals surface area contributed by atoms with Crippen LogP contribution in [0.1, 0.15) is 25.5 Å². The minimum absolute atomic E-state index is 0.114. The average molecular weight is 391 g/mol. The molecule has 1 saturated heterocycles. The maximum absolute atomic E-state index is 12.6. The molecule has 27 heavy (non-hydrogen) atoms. The van der Waals surface area contributed by atoms with Crippen molar-refractivity contribution >= 4 is 17.2 Å². The SMILES string of the molecule is CCOC1CCCN(C(=O)Cc2csc(-c3ccc(OC)c(OC)c3)n2)C1. The molecule has 2 aromatic rings. The van der Waals surface area contributed by atoms with Gasteiger partial charge in [0.15, 0.2) is 11.5 Å². The van der Waals surface area contributed by atoms with Crippen molar-refractivity contribution in [1.82, 2.24) is 9.88 Å². The Morgan fingerprint density at radius 1 is 1.30 bits per heavy atom. The standard InChI is InChI=1S/C20H26N2O4S/c1-4-26-16-6-5-9-22(12-16)19(23)11-15-13-27-20(21-15)14-7-8-17(24-2)18(10-14)25-3/h7-8,10,13,16H,4-6,9,11-12H2,1-3H3. The van der Waals surface area contributed by atoms with Gasteiger partial charge in [-0.15, -0.1) is 11.3 Å². The second-order valence-corrected chi connectivity index (χ2v) is 7.31. The molecule has 0 N–H and O–H groups in total. The molecule has 1 fully saturated rings. The predicted molar refractivity (Wildman–Crippen MR) is 106 cm³/mol. The van der Waals surface area contributed by atoms with E-state index in [-0.39, 0.29) is 12.0 Å². The number of piperidine rings is 1. The van der Waals surface area contributed by atoms with E-state index < -0.39 is 0 Å². The summed E-state index contributed by atoms with van der Waals surface area (Å²) < 4.78 is 16.3. The van der Waals surface area contributed by atoms with Crippen molar-refractivity contribution < 1.29 is 19.0 Å². The number of carbonyl (C=O) groups excluding carboxylic acids is 1. The summed E-state index contributed by atoms with van der Waals surface area (Å²) in [6, 6.07) is 5.71. The summed E-state index contributed by atoms with van der Waals surface area (Å²) in [5.74, 6) is 1.46. The number of hydrogen-bond acceptors (Lipinski definition) is 6. The van der Waals surface area contributed by atoms with E-state index >= 15 is 0 Å². The molecule has 3 rings (SSSR count). The van der Waals surface area contributed by atoms with Crippen LogP contribution in [0.5, 0.6) is 11.5 Å². The summed E-state index contributed by atoms with van der Waals surface area (Å²) in [5, 5.41) is 2.82. The highest BCUT2D eigenvalue weighted by molar-refractivity contribution is 7.13. The molecule has 6 nitrogen and oxygen atoms in total. The molecule has 146 valence electrons. The summed E-state index contributed by atoms with van der Waals surface area (Å²) in [6.07, 6.45) is 2.50. The summed E-state index contributed by atoms with van der Waals surface area (Å²) in [5.41, 5.74) is 1.75. The summed E-state index contributed by atoms with van der Waals surface area (Å²) in [4.78, 5) is 19.2. The van der Waals surface area contributed by atoms with Crippen LogP contribution in [0.3, 0.4) is 0 Å². The van der Waals surface area contributed by atoms with Gasteiger partial charge < -0.3 is 19.1 Å². The molecule has 0 radical (unpaired) electrons. The van der Waals surface area contributed by atoms with Gasteiger partial charge in [0.25, 0.3) is 0 Å². The molecule has 2 heterocycles. The third kappa shape index (κ3) is 4.78. The van der Waals surface area contributed by atoms with E-state index in [1.807, 2.05) is 35.4 Å².